The average molecular weight is 205 g/mol. The van der Waals surface area contributed by atoms with E-state index in [1.54, 1.807) is 32.1 Å². The lowest BCUT2D eigenvalue weighted by molar-refractivity contribution is -0.0846. The van der Waals surface area contributed by atoms with E-state index < -0.39 is 0 Å². The molecule has 15 heavy (non-hydrogen) atoms. The zero-order chi connectivity index (χ0) is 9.88. The smallest absolute Gasteiger partial charge is 0.0238 e. The fourth-order valence-electron chi connectivity index (χ4n) is 5.67. The van der Waals surface area contributed by atoms with Crippen molar-refractivity contribution in [1.82, 2.24) is 5.32 Å². The van der Waals surface area contributed by atoms with E-state index in [0.717, 1.165) is 23.7 Å². The van der Waals surface area contributed by atoms with Crippen molar-refractivity contribution in [2.24, 2.45) is 23.7 Å². The molecule has 1 aliphatic heterocycles. The summed E-state index contributed by atoms with van der Waals surface area (Å²) in [5.74, 6) is 4.38. The Hall–Kier alpha value is -0.0400. The molecular weight excluding hydrogens is 182 g/mol. The first-order valence-corrected chi connectivity index (χ1v) is 7.12. The molecule has 0 aromatic heterocycles. The van der Waals surface area contributed by atoms with Gasteiger partial charge in [0.05, 0.1) is 0 Å². The Bertz CT molecular complexity index is 235. The summed E-state index contributed by atoms with van der Waals surface area (Å²) in [6.07, 6.45) is 12.3. The Labute approximate surface area is 93.0 Å². The molecule has 0 unspecified atom stereocenters. The zero-order valence-electron chi connectivity index (χ0n) is 9.67. The van der Waals surface area contributed by atoms with Gasteiger partial charge in [-0.3, -0.25) is 0 Å². The summed E-state index contributed by atoms with van der Waals surface area (Å²) in [6, 6.07) is 0. The van der Waals surface area contributed by atoms with Crippen molar-refractivity contribution in [1.29, 1.82) is 0 Å². The van der Waals surface area contributed by atoms with E-state index in [1.165, 1.54) is 25.8 Å². The van der Waals surface area contributed by atoms with E-state index in [1.807, 2.05) is 0 Å². The minimum atomic E-state index is 0.631. The second kappa shape index (κ2) is 3.00. The van der Waals surface area contributed by atoms with Crippen LogP contribution < -0.4 is 5.32 Å². The first-order valence-electron chi connectivity index (χ1n) is 7.12. The van der Waals surface area contributed by atoms with Crippen molar-refractivity contribution in [3.63, 3.8) is 0 Å². The molecule has 1 saturated heterocycles. The number of nitrogens with one attached hydrogen (secondary N) is 1. The molecule has 1 N–H and O–H groups in total. The summed E-state index contributed by atoms with van der Waals surface area (Å²) in [5, 5.41) is 3.98. The Balaban J connectivity index is 1.69. The van der Waals surface area contributed by atoms with Crippen LogP contribution in [0, 0.1) is 23.7 Å². The van der Waals surface area contributed by atoms with E-state index in [-0.39, 0.29) is 0 Å². The van der Waals surface area contributed by atoms with Gasteiger partial charge in [0.1, 0.15) is 0 Å². The Morgan fingerprint density at radius 2 is 1.47 bits per heavy atom. The second-order valence-electron chi connectivity index (χ2n) is 6.73. The predicted octanol–water partition coefficient (Wildman–Crippen LogP) is 2.95. The maximum absolute atomic E-state index is 3.98. The van der Waals surface area contributed by atoms with Crippen molar-refractivity contribution in [2.45, 2.75) is 56.9 Å². The van der Waals surface area contributed by atoms with Crippen molar-refractivity contribution in [3.8, 4) is 0 Å². The van der Waals surface area contributed by atoms with Crippen molar-refractivity contribution < 1.29 is 0 Å². The van der Waals surface area contributed by atoms with Gasteiger partial charge in [-0.25, -0.2) is 0 Å². The summed E-state index contributed by atoms with van der Waals surface area (Å²) >= 11 is 0. The van der Waals surface area contributed by atoms with Gasteiger partial charge in [-0.15, -0.1) is 0 Å². The summed E-state index contributed by atoms with van der Waals surface area (Å²) in [5.41, 5.74) is 0.631. The lowest BCUT2D eigenvalue weighted by atomic mass is 9.47. The van der Waals surface area contributed by atoms with E-state index in [9.17, 15) is 0 Å². The third-order valence-electron chi connectivity index (χ3n) is 6.07. The number of rotatable bonds is 0. The SMILES string of the molecule is C1CCC2(NC1)[C@H]1C[C@H]3C[C@H](C1)C[C@H]2C3. The molecular formula is C14H23N. The molecule has 1 spiro atoms. The molecule has 4 bridgehead atoms. The highest BCUT2D eigenvalue weighted by molar-refractivity contribution is 5.11. The van der Waals surface area contributed by atoms with Crippen LogP contribution >= 0.6 is 0 Å². The average Bonchev–Trinajstić information content (AvgIpc) is 2.26. The molecule has 0 radical (unpaired) electrons. The van der Waals surface area contributed by atoms with E-state index in [4.69, 9.17) is 0 Å². The van der Waals surface area contributed by atoms with Crippen LogP contribution in [0.25, 0.3) is 0 Å². The molecule has 0 aromatic carbocycles. The van der Waals surface area contributed by atoms with Crippen molar-refractivity contribution in [3.05, 3.63) is 0 Å². The van der Waals surface area contributed by atoms with Crippen molar-refractivity contribution >= 4 is 0 Å². The molecule has 5 fully saturated rings. The summed E-state index contributed by atoms with van der Waals surface area (Å²) in [4.78, 5) is 0. The molecule has 1 heterocycles. The Kier molecular flexibility index (Phi) is 1.81. The lowest BCUT2D eigenvalue weighted by Crippen LogP contribution is -2.66. The van der Waals surface area contributed by atoms with Gasteiger partial charge in [0, 0.05) is 5.54 Å². The topological polar surface area (TPSA) is 12.0 Å². The molecule has 1 heteroatoms. The van der Waals surface area contributed by atoms with Crippen LogP contribution in [-0.4, -0.2) is 12.1 Å². The van der Waals surface area contributed by atoms with Gasteiger partial charge >= 0.3 is 0 Å². The Morgan fingerprint density at radius 1 is 0.800 bits per heavy atom. The molecule has 5 rings (SSSR count). The Morgan fingerprint density at radius 3 is 2.00 bits per heavy atom. The lowest BCUT2D eigenvalue weighted by Gasteiger charge is -2.63. The molecule has 84 valence electrons. The second-order valence-corrected chi connectivity index (χ2v) is 6.73. The van der Waals surface area contributed by atoms with Gasteiger partial charge in [-0.05, 0) is 75.2 Å². The monoisotopic (exact) mass is 205 g/mol. The van der Waals surface area contributed by atoms with Gasteiger partial charge in [-0.1, -0.05) is 6.42 Å². The molecule has 5 aliphatic rings. The highest BCUT2D eigenvalue weighted by atomic mass is 15.0. The zero-order valence-corrected chi connectivity index (χ0v) is 9.67. The van der Waals surface area contributed by atoms with E-state index in [0.29, 0.717) is 5.54 Å². The fraction of sp³-hybridized carbons (Fsp3) is 1.00. The first kappa shape index (κ1) is 9.04. The van der Waals surface area contributed by atoms with E-state index in [2.05, 4.69) is 5.32 Å². The molecule has 0 amide bonds. The van der Waals surface area contributed by atoms with Crippen LogP contribution in [0.5, 0.6) is 0 Å². The summed E-state index contributed by atoms with van der Waals surface area (Å²) in [6.45, 7) is 1.31. The minimum Gasteiger partial charge on any atom is -0.311 e. The number of hydrogen-bond acceptors (Lipinski definition) is 1. The maximum atomic E-state index is 3.98. The van der Waals surface area contributed by atoms with E-state index >= 15 is 0 Å². The van der Waals surface area contributed by atoms with Gasteiger partial charge in [0.15, 0.2) is 0 Å². The molecule has 4 aliphatic carbocycles. The minimum absolute atomic E-state index is 0.631. The fourth-order valence-corrected chi connectivity index (χ4v) is 5.67. The third-order valence-corrected chi connectivity index (χ3v) is 6.07. The van der Waals surface area contributed by atoms with Crippen LogP contribution in [0.2, 0.25) is 0 Å². The van der Waals surface area contributed by atoms with Gasteiger partial charge in [-0.2, -0.15) is 0 Å². The largest absolute Gasteiger partial charge is 0.311 e. The highest BCUT2D eigenvalue weighted by Crippen LogP contribution is 2.60. The van der Waals surface area contributed by atoms with Crippen LogP contribution in [0.15, 0.2) is 0 Å². The maximum Gasteiger partial charge on any atom is 0.0238 e. The van der Waals surface area contributed by atoms with Crippen LogP contribution in [0.1, 0.15) is 51.4 Å². The first-order chi connectivity index (χ1) is 7.37. The van der Waals surface area contributed by atoms with Crippen LogP contribution in [0.4, 0.5) is 0 Å². The normalized spacial score (nSPS) is 57.6. The number of hydrogen-bond donors (Lipinski definition) is 1. The summed E-state index contributed by atoms with van der Waals surface area (Å²) < 4.78 is 0. The highest BCUT2D eigenvalue weighted by Gasteiger charge is 2.56. The standard InChI is InChI=1S/C14H23N/c1-2-4-15-14(3-1)12-6-10-5-11(8-12)9-13(14)7-10/h10-13,15H,1-9H2/t10-,11-,12-,13+,14?. The van der Waals surface area contributed by atoms with Gasteiger partial charge < -0.3 is 5.32 Å². The van der Waals surface area contributed by atoms with Gasteiger partial charge in [0.2, 0.25) is 0 Å². The molecule has 0 aromatic rings. The molecule has 1 nitrogen and oxygen atoms in total. The quantitative estimate of drug-likeness (QED) is 0.641. The van der Waals surface area contributed by atoms with Crippen LogP contribution in [0.3, 0.4) is 0 Å². The summed E-state index contributed by atoms with van der Waals surface area (Å²) in [7, 11) is 0. The number of piperidine rings is 1. The van der Waals surface area contributed by atoms with Crippen LogP contribution in [-0.2, 0) is 0 Å². The molecule has 4 saturated carbocycles. The third kappa shape index (κ3) is 1.13. The predicted molar refractivity (Wildman–Crippen MR) is 61.6 cm³/mol. The van der Waals surface area contributed by atoms with Gasteiger partial charge in [0.25, 0.3) is 0 Å². The van der Waals surface area contributed by atoms with Crippen molar-refractivity contribution in [2.75, 3.05) is 6.54 Å². The molecule has 0 atom stereocenters.